The number of benzene rings is 1. The lowest BCUT2D eigenvalue weighted by molar-refractivity contribution is 0.102. The molecule has 10 nitrogen and oxygen atoms in total. The van der Waals surface area contributed by atoms with E-state index in [1.54, 1.807) is 35.4 Å². The van der Waals surface area contributed by atoms with Crippen LogP contribution in [0.1, 0.15) is 10.5 Å². The number of carbonyl (C=O) groups excluding carboxylic acids is 2. The van der Waals surface area contributed by atoms with E-state index in [1.165, 1.54) is 7.11 Å². The van der Waals surface area contributed by atoms with E-state index < -0.39 is 5.91 Å². The minimum absolute atomic E-state index is 0.0522. The summed E-state index contributed by atoms with van der Waals surface area (Å²) >= 11 is 0.956. The summed E-state index contributed by atoms with van der Waals surface area (Å²) in [6.45, 7) is 2.42. The number of nitrogens with zero attached hydrogens (tertiary/aromatic N) is 5. The Morgan fingerprint density at radius 1 is 1.03 bits per heavy atom. The summed E-state index contributed by atoms with van der Waals surface area (Å²) in [5.41, 5.74) is 0.558. The number of hydrogen-bond acceptors (Lipinski definition) is 8. The smallest absolute Gasteiger partial charge is 0.322 e. The molecule has 1 fully saturated rings. The molecular formula is C20H21N7O3S. The van der Waals surface area contributed by atoms with E-state index in [1.807, 2.05) is 18.2 Å². The van der Waals surface area contributed by atoms with Crippen LogP contribution in [0.15, 0.2) is 48.7 Å². The first kappa shape index (κ1) is 20.5. The van der Waals surface area contributed by atoms with Crippen molar-refractivity contribution < 1.29 is 14.3 Å². The lowest BCUT2D eigenvalue weighted by Gasteiger charge is -2.35. The topological polar surface area (TPSA) is 113 Å². The third kappa shape index (κ3) is 4.72. The highest BCUT2D eigenvalue weighted by Crippen LogP contribution is 2.25. The molecule has 3 amide bonds. The second-order valence-electron chi connectivity index (χ2n) is 6.70. The SMILES string of the molecule is COc1ccccc1NC(=O)c1nnsc1NC(=O)N1CCN(c2ccccn2)CC1. The van der Waals surface area contributed by atoms with Crippen molar-refractivity contribution in [3.63, 3.8) is 0 Å². The van der Waals surface area contributed by atoms with E-state index in [2.05, 4.69) is 30.1 Å². The molecule has 1 aliphatic heterocycles. The largest absolute Gasteiger partial charge is 0.495 e. The Bertz CT molecular complexity index is 1050. The Kier molecular flexibility index (Phi) is 6.22. The molecule has 3 heterocycles. The Labute approximate surface area is 183 Å². The first-order chi connectivity index (χ1) is 15.2. The average molecular weight is 440 g/mol. The van der Waals surface area contributed by atoms with Crippen LogP contribution >= 0.6 is 11.5 Å². The van der Waals surface area contributed by atoms with Crippen LogP contribution in [0.3, 0.4) is 0 Å². The number of para-hydroxylation sites is 2. The molecule has 2 aromatic heterocycles. The van der Waals surface area contributed by atoms with Crippen molar-refractivity contribution in [1.29, 1.82) is 0 Å². The van der Waals surface area contributed by atoms with E-state index in [0.717, 1.165) is 17.4 Å². The zero-order valence-corrected chi connectivity index (χ0v) is 17.6. The van der Waals surface area contributed by atoms with Gasteiger partial charge in [-0.1, -0.05) is 22.7 Å². The highest BCUT2D eigenvalue weighted by atomic mass is 32.1. The molecule has 0 saturated carbocycles. The molecule has 1 aromatic carbocycles. The van der Waals surface area contributed by atoms with Gasteiger partial charge in [0.25, 0.3) is 5.91 Å². The Morgan fingerprint density at radius 3 is 2.55 bits per heavy atom. The van der Waals surface area contributed by atoms with Crippen molar-refractivity contribution in [2.75, 3.05) is 48.8 Å². The fourth-order valence-corrected chi connectivity index (χ4v) is 3.76. The van der Waals surface area contributed by atoms with E-state index in [9.17, 15) is 9.59 Å². The minimum atomic E-state index is -0.478. The minimum Gasteiger partial charge on any atom is -0.495 e. The zero-order valence-electron chi connectivity index (χ0n) is 16.8. The molecule has 31 heavy (non-hydrogen) atoms. The third-order valence-electron chi connectivity index (χ3n) is 4.82. The number of pyridine rings is 1. The van der Waals surface area contributed by atoms with Crippen molar-refractivity contribution in [3.05, 3.63) is 54.4 Å². The monoisotopic (exact) mass is 439 g/mol. The number of anilines is 3. The number of piperazine rings is 1. The third-order valence-corrected chi connectivity index (χ3v) is 5.46. The van der Waals surface area contributed by atoms with Gasteiger partial charge in [0.1, 0.15) is 11.6 Å². The summed E-state index contributed by atoms with van der Waals surface area (Å²) in [5, 5.41) is 9.69. The lowest BCUT2D eigenvalue weighted by atomic mass is 10.3. The predicted molar refractivity (Wildman–Crippen MR) is 118 cm³/mol. The van der Waals surface area contributed by atoms with Crippen LogP contribution < -0.4 is 20.3 Å². The fourth-order valence-electron chi connectivity index (χ4n) is 3.21. The molecule has 3 aromatic rings. The van der Waals surface area contributed by atoms with Crippen molar-refractivity contribution in [1.82, 2.24) is 19.5 Å². The van der Waals surface area contributed by atoms with Gasteiger partial charge >= 0.3 is 6.03 Å². The van der Waals surface area contributed by atoms with E-state index in [-0.39, 0.29) is 11.7 Å². The molecule has 160 valence electrons. The van der Waals surface area contributed by atoms with Crippen LogP contribution in [0, 0.1) is 0 Å². The Balaban J connectivity index is 1.37. The van der Waals surface area contributed by atoms with E-state index >= 15 is 0 Å². The number of nitrogens with one attached hydrogen (secondary N) is 2. The van der Waals surface area contributed by atoms with Gasteiger partial charge in [0.05, 0.1) is 12.8 Å². The average Bonchev–Trinajstić information content (AvgIpc) is 3.28. The number of methoxy groups -OCH3 is 1. The lowest BCUT2D eigenvalue weighted by Crippen LogP contribution is -2.50. The first-order valence-corrected chi connectivity index (χ1v) is 10.4. The van der Waals surface area contributed by atoms with Crippen LogP contribution in [-0.2, 0) is 0 Å². The number of rotatable bonds is 5. The number of urea groups is 1. The van der Waals surface area contributed by atoms with Crippen molar-refractivity contribution in [2.24, 2.45) is 0 Å². The summed E-state index contributed by atoms with van der Waals surface area (Å²) in [7, 11) is 1.52. The first-order valence-electron chi connectivity index (χ1n) is 9.64. The summed E-state index contributed by atoms with van der Waals surface area (Å²) in [6.07, 6.45) is 1.75. The normalized spacial score (nSPS) is 13.6. The van der Waals surface area contributed by atoms with Crippen LogP contribution in [0.25, 0.3) is 0 Å². The van der Waals surface area contributed by atoms with Crippen molar-refractivity contribution in [2.45, 2.75) is 0 Å². The Morgan fingerprint density at radius 2 is 1.81 bits per heavy atom. The second-order valence-corrected chi connectivity index (χ2v) is 7.45. The van der Waals surface area contributed by atoms with E-state index in [4.69, 9.17) is 4.74 Å². The van der Waals surface area contributed by atoms with E-state index in [0.29, 0.717) is 42.6 Å². The molecule has 0 unspecified atom stereocenters. The summed E-state index contributed by atoms with van der Waals surface area (Å²) in [5.74, 6) is 0.938. The maximum Gasteiger partial charge on any atom is 0.322 e. The maximum atomic E-state index is 12.7. The maximum absolute atomic E-state index is 12.7. The second kappa shape index (κ2) is 9.39. The van der Waals surface area contributed by atoms with Gasteiger partial charge in [-0.25, -0.2) is 9.78 Å². The molecule has 0 spiro atoms. The number of hydrogen-bond donors (Lipinski definition) is 2. The van der Waals surface area contributed by atoms with Gasteiger partial charge in [0, 0.05) is 43.9 Å². The van der Waals surface area contributed by atoms with Crippen molar-refractivity contribution >= 4 is 40.0 Å². The molecule has 1 aliphatic rings. The Hall–Kier alpha value is -3.73. The van der Waals surface area contributed by atoms with Crippen LogP contribution in [0.4, 0.5) is 21.3 Å². The fraction of sp³-hybridized carbons (Fsp3) is 0.250. The van der Waals surface area contributed by atoms with Crippen molar-refractivity contribution in [3.8, 4) is 5.75 Å². The molecule has 0 radical (unpaired) electrons. The quantitative estimate of drug-likeness (QED) is 0.628. The van der Waals surface area contributed by atoms with Gasteiger partial charge in [-0.15, -0.1) is 5.10 Å². The number of ether oxygens (including phenoxy) is 1. The molecule has 2 N–H and O–H groups in total. The van der Waals surface area contributed by atoms with Gasteiger partial charge in [0.2, 0.25) is 0 Å². The molecule has 0 bridgehead atoms. The number of aromatic nitrogens is 3. The summed E-state index contributed by atoms with van der Waals surface area (Å²) in [6, 6.07) is 12.5. The predicted octanol–water partition coefficient (Wildman–Crippen LogP) is 2.55. The summed E-state index contributed by atoms with van der Waals surface area (Å²) < 4.78 is 9.07. The molecule has 0 aliphatic carbocycles. The van der Waals surface area contributed by atoms with Crippen LogP contribution in [0.2, 0.25) is 0 Å². The zero-order chi connectivity index (χ0) is 21.6. The molecule has 1 saturated heterocycles. The van der Waals surface area contributed by atoms with Gasteiger partial charge in [-0.05, 0) is 24.3 Å². The number of carbonyl (C=O) groups is 2. The highest BCUT2D eigenvalue weighted by molar-refractivity contribution is 7.10. The van der Waals surface area contributed by atoms with Gasteiger partial charge in [0.15, 0.2) is 10.7 Å². The molecular weight excluding hydrogens is 418 g/mol. The standard InChI is InChI=1S/C20H21N7O3S/c1-30-15-7-3-2-6-14(15)22-18(28)17-19(31-25-24-17)23-20(29)27-12-10-26(11-13-27)16-8-4-5-9-21-16/h2-9H,10-13H2,1H3,(H,22,28)(H,23,29). The van der Waals surface area contributed by atoms with Gasteiger partial charge in [-0.3, -0.25) is 10.1 Å². The van der Waals surface area contributed by atoms with Crippen LogP contribution in [-0.4, -0.2) is 64.7 Å². The number of amides is 3. The summed E-state index contributed by atoms with van der Waals surface area (Å²) in [4.78, 5) is 33.6. The molecule has 11 heteroatoms. The highest BCUT2D eigenvalue weighted by Gasteiger charge is 2.25. The molecule has 4 rings (SSSR count). The van der Waals surface area contributed by atoms with Crippen LogP contribution in [0.5, 0.6) is 5.75 Å². The van der Waals surface area contributed by atoms with Gasteiger partial charge < -0.3 is 19.9 Å². The van der Waals surface area contributed by atoms with Gasteiger partial charge in [-0.2, -0.15) is 0 Å². The molecule has 0 atom stereocenters.